The Morgan fingerprint density at radius 1 is 0.938 bits per heavy atom. The first-order valence-electron chi connectivity index (χ1n) is 5.24. The Labute approximate surface area is 101 Å². The molecule has 0 spiro atoms. The number of hydrogen-bond acceptors (Lipinski definition) is 0. The molecule has 80 valence electrons. The summed E-state index contributed by atoms with van der Waals surface area (Å²) in [5, 5.41) is 0.764. The van der Waals surface area contributed by atoms with Crippen molar-refractivity contribution in [2.24, 2.45) is 0 Å². The predicted octanol–water partition coefficient (Wildman–Crippen LogP) is 4.66. The van der Waals surface area contributed by atoms with Gasteiger partial charge in [-0.2, -0.15) is 0 Å². The second-order valence-corrected chi connectivity index (χ2v) is 4.12. The number of benzene rings is 2. The summed E-state index contributed by atoms with van der Waals surface area (Å²) < 4.78 is 0. The molecule has 2 rings (SSSR count). The Balaban J connectivity index is 2.41. The van der Waals surface area contributed by atoms with Crippen LogP contribution >= 0.6 is 11.6 Å². The molecule has 0 saturated heterocycles. The van der Waals surface area contributed by atoms with Gasteiger partial charge < -0.3 is 0 Å². The van der Waals surface area contributed by atoms with Crippen LogP contribution in [0.5, 0.6) is 0 Å². The van der Waals surface area contributed by atoms with E-state index in [0.717, 1.165) is 5.02 Å². The van der Waals surface area contributed by atoms with Crippen LogP contribution in [-0.4, -0.2) is 0 Å². The largest absolute Gasteiger partial charge is 0.102 e. The van der Waals surface area contributed by atoms with Crippen LogP contribution < -0.4 is 0 Å². The van der Waals surface area contributed by atoms with E-state index in [1.54, 1.807) is 0 Å². The topological polar surface area (TPSA) is 0 Å². The van der Waals surface area contributed by atoms with Crippen molar-refractivity contribution in [1.82, 2.24) is 0 Å². The van der Waals surface area contributed by atoms with E-state index < -0.39 is 0 Å². The van der Waals surface area contributed by atoms with Gasteiger partial charge in [-0.15, -0.1) is 6.58 Å². The summed E-state index contributed by atoms with van der Waals surface area (Å²) in [6.07, 6.45) is 1.95. The van der Waals surface area contributed by atoms with Crippen LogP contribution in [0.15, 0.2) is 67.3 Å². The molecule has 16 heavy (non-hydrogen) atoms. The van der Waals surface area contributed by atoms with Gasteiger partial charge in [0.25, 0.3) is 0 Å². The van der Waals surface area contributed by atoms with Gasteiger partial charge in [0, 0.05) is 10.9 Å². The van der Waals surface area contributed by atoms with Gasteiger partial charge in [0.2, 0.25) is 0 Å². The standard InChI is InChI=1S/C15H13Cl/c1-2-15(12-7-4-3-5-8-12)13-9-6-10-14(16)11-13/h2-11,15H,1H2/t15-/m0/s1. The molecule has 0 saturated carbocycles. The van der Waals surface area contributed by atoms with Crippen LogP contribution in [0, 0.1) is 0 Å². The fraction of sp³-hybridized carbons (Fsp3) is 0.0667. The molecule has 0 heterocycles. The molecule has 0 aliphatic heterocycles. The van der Waals surface area contributed by atoms with Crippen molar-refractivity contribution in [1.29, 1.82) is 0 Å². The van der Waals surface area contributed by atoms with Crippen molar-refractivity contribution in [2.75, 3.05) is 0 Å². The average molecular weight is 229 g/mol. The van der Waals surface area contributed by atoms with E-state index >= 15 is 0 Å². The molecule has 0 fully saturated rings. The summed E-state index contributed by atoms with van der Waals surface area (Å²) in [7, 11) is 0. The molecule has 2 aromatic carbocycles. The molecular formula is C15H13Cl. The van der Waals surface area contributed by atoms with Crippen LogP contribution in [-0.2, 0) is 0 Å². The van der Waals surface area contributed by atoms with E-state index in [1.807, 2.05) is 42.5 Å². The van der Waals surface area contributed by atoms with Crippen LogP contribution in [0.4, 0.5) is 0 Å². The minimum Gasteiger partial charge on any atom is -0.102 e. The third-order valence-electron chi connectivity index (χ3n) is 2.60. The first-order chi connectivity index (χ1) is 7.81. The molecule has 0 aromatic heterocycles. The molecule has 0 N–H and O–H groups in total. The number of allylic oxidation sites excluding steroid dienone is 1. The van der Waals surface area contributed by atoms with Crippen molar-refractivity contribution >= 4 is 11.6 Å². The molecule has 0 amide bonds. The van der Waals surface area contributed by atoms with Crippen LogP contribution in [0.1, 0.15) is 17.0 Å². The Bertz CT molecular complexity index is 474. The first-order valence-corrected chi connectivity index (χ1v) is 5.62. The van der Waals surface area contributed by atoms with E-state index in [2.05, 4.69) is 24.8 Å². The Hall–Kier alpha value is -1.53. The van der Waals surface area contributed by atoms with Gasteiger partial charge in [0.15, 0.2) is 0 Å². The van der Waals surface area contributed by atoms with Gasteiger partial charge in [-0.25, -0.2) is 0 Å². The van der Waals surface area contributed by atoms with Crippen molar-refractivity contribution in [3.05, 3.63) is 83.4 Å². The van der Waals surface area contributed by atoms with Crippen LogP contribution in [0.25, 0.3) is 0 Å². The average Bonchev–Trinajstić information content (AvgIpc) is 2.31. The highest BCUT2D eigenvalue weighted by Gasteiger charge is 2.09. The lowest BCUT2D eigenvalue weighted by atomic mass is 9.92. The van der Waals surface area contributed by atoms with Gasteiger partial charge >= 0.3 is 0 Å². The number of hydrogen-bond donors (Lipinski definition) is 0. The minimum atomic E-state index is 0.208. The summed E-state index contributed by atoms with van der Waals surface area (Å²) in [5.74, 6) is 0.208. The Morgan fingerprint density at radius 2 is 1.62 bits per heavy atom. The fourth-order valence-electron chi connectivity index (χ4n) is 1.83. The summed E-state index contributed by atoms with van der Waals surface area (Å²) in [6, 6.07) is 18.2. The number of rotatable bonds is 3. The molecule has 1 heteroatoms. The highest BCUT2D eigenvalue weighted by Crippen LogP contribution is 2.27. The molecule has 0 aliphatic rings. The van der Waals surface area contributed by atoms with Gasteiger partial charge in [0.05, 0.1) is 0 Å². The predicted molar refractivity (Wildman–Crippen MR) is 69.9 cm³/mol. The van der Waals surface area contributed by atoms with E-state index in [1.165, 1.54) is 11.1 Å². The van der Waals surface area contributed by atoms with Crippen LogP contribution in [0.3, 0.4) is 0 Å². The summed E-state index contributed by atoms with van der Waals surface area (Å²) in [5.41, 5.74) is 2.41. The highest BCUT2D eigenvalue weighted by molar-refractivity contribution is 6.30. The summed E-state index contributed by atoms with van der Waals surface area (Å²) in [4.78, 5) is 0. The molecule has 0 nitrogen and oxygen atoms in total. The second kappa shape index (κ2) is 5.00. The summed E-state index contributed by atoms with van der Waals surface area (Å²) in [6.45, 7) is 3.90. The highest BCUT2D eigenvalue weighted by atomic mass is 35.5. The third-order valence-corrected chi connectivity index (χ3v) is 2.84. The zero-order valence-corrected chi connectivity index (χ0v) is 9.69. The number of halogens is 1. The Kier molecular flexibility index (Phi) is 3.43. The van der Waals surface area contributed by atoms with Crippen molar-refractivity contribution < 1.29 is 0 Å². The van der Waals surface area contributed by atoms with Gasteiger partial charge in [-0.1, -0.05) is 60.1 Å². The maximum Gasteiger partial charge on any atom is 0.0409 e. The smallest absolute Gasteiger partial charge is 0.0409 e. The molecule has 0 radical (unpaired) electrons. The molecular weight excluding hydrogens is 216 g/mol. The normalized spacial score (nSPS) is 12.1. The van der Waals surface area contributed by atoms with E-state index in [0.29, 0.717) is 0 Å². The van der Waals surface area contributed by atoms with E-state index in [4.69, 9.17) is 11.6 Å². The fourth-order valence-corrected chi connectivity index (χ4v) is 2.02. The molecule has 2 aromatic rings. The van der Waals surface area contributed by atoms with E-state index in [-0.39, 0.29) is 5.92 Å². The van der Waals surface area contributed by atoms with Crippen molar-refractivity contribution in [3.8, 4) is 0 Å². The molecule has 0 unspecified atom stereocenters. The van der Waals surface area contributed by atoms with Gasteiger partial charge in [-0.3, -0.25) is 0 Å². The maximum atomic E-state index is 6.00. The summed E-state index contributed by atoms with van der Waals surface area (Å²) >= 11 is 6.00. The lowest BCUT2D eigenvalue weighted by molar-refractivity contribution is 1.03. The Morgan fingerprint density at radius 3 is 2.25 bits per heavy atom. The SMILES string of the molecule is C=C[C@@H](c1ccccc1)c1cccc(Cl)c1. The molecule has 0 aliphatic carbocycles. The second-order valence-electron chi connectivity index (χ2n) is 3.68. The quantitative estimate of drug-likeness (QED) is 0.671. The lowest BCUT2D eigenvalue weighted by Gasteiger charge is -2.13. The van der Waals surface area contributed by atoms with Gasteiger partial charge in [0.1, 0.15) is 0 Å². The lowest BCUT2D eigenvalue weighted by Crippen LogP contribution is -1.96. The first kappa shape index (κ1) is 11.0. The minimum absolute atomic E-state index is 0.208. The maximum absolute atomic E-state index is 6.00. The molecule has 0 bridgehead atoms. The zero-order chi connectivity index (χ0) is 11.4. The van der Waals surface area contributed by atoms with Crippen molar-refractivity contribution in [3.63, 3.8) is 0 Å². The molecule has 1 atom stereocenters. The zero-order valence-electron chi connectivity index (χ0n) is 8.94. The van der Waals surface area contributed by atoms with Gasteiger partial charge in [-0.05, 0) is 23.3 Å². The van der Waals surface area contributed by atoms with E-state index in [9.17, 15) is 0 Å². The monoisotopic (exact) mass is 228 g/mol. The van der Waals surface area contributed by atoms with Crippen LogP contribution in [0.2, 0.25) is 5.02 Å². The third kappa shape index (κ3) is 2.34. The van der Waals surface area contributed by atoms with Crippen molar-refractivity contribution in [2.45, 2.75) is 5.92 Å².